The van der Waals surface area contributed by atoms with Gasteiger partial charge in [0.1, 0.15) is 0 Å². The van der Waals surface area contributed by atoms with Gasteiger partial charge in [-0.1, -0.05) is 24.3 Å². The molecule has 0 bridgehead atoms. The average molecular weight is 274 g/mol. The topological polar surface area (TPSA) is 43.8 Å². The van der Waals surface area contributed by atoms with Crippen LogP contribution in [0.4, 0.5) is 0 Å². The van der Waals surface area contributed by atoms with E-state index in [-0.39, 0.29) is 18.1 Å². The summed E-state index contributed by atoms with van der Waals surface area (Å²) < 4.78 is 0. The number of rotatable bonds is 2. The van der Waals surface area contributed by atoms with E-state index in [2.05, 4.69) is 23.1 Å². The summed E-state index contributed by atoms with van der Waals surface area (Å²) in [6.07, 6.45) is 1.45. The summed E-state index contributed by atoms with van der Waals surface area (Å²) in [5.41, 5.74) is 2.63. The quantitative estimate of drug-likeness (QED) is 0.876. The molecule has 1 N–H and O–H groups in total. The summed E-state index contributed by atoms with van der Waals surface area (Å²) in [4.78, 5) is 16.7. The lowest BCUT2D eigenvalue weighted by Gasteiger charge is -2.33. The molecule has 2 aliphatic heterocycles. The molecule has 2 atom stereocenters. The van der Waals surface area contributed by atoms with E-state index in [0.717, 1.165) is 32.5 Å². The van der Waals surface area contributed by atoms with Crippen LogP contribution in [0.3, 0.4) is 0 Å². The molecule has 1 saturated heterocycles. The van der Waals surface area contributed by atoms with Crippen molar-refractivity contribution in [3.63, 3.8) is 0 Å². The third-order valence-electron chi connectivity index (χ3n) is 4.54. The fourth-order valence-corrected chi connectivity index (χ4v) is 3.22. The fraction of sp³-hybridized carbons (Fsp3) is 0.562. The van der Waals surface area contributed by atoms with Gasteiger partial charge in [-0.25, -0.2) is 0 Å². The lowest BCUT2D eigenvalue weighted by Crippen LogP contribution is -2.48. The second-order valence-corrected chi connectivity index (χ2v) is 5.89. The number of carbonyl (C=O) groups excluding carboxylic acids is 1. The van der Waals surface area contributed by atoms with Gasteiger partial charge in [0.2, 0.25) is 5.91 Å². The normalized spacial score (nSPS) is 24.5. The molecule has 0 aliphatic carbocycles. The molecule has 2 aliphatic rings. The first-order valence-corrected chi connectivity index (χ1v) is 7.43. The van der Waals surface area contributed by atoms with Crippen LogP contribution in [0.15, 0.2) is 24.3 Å². The van der Waals surface area contributed by atoms with Crippen LogP contribution in [-0.2, 0) is 17.8 Å². The van der Waals surface area contributed by atoms with Crippen LogP contribution in [-0.4, -0.2) is 52.6 Å². The molecule has 1 aromatic rings. The van der Waals surface area contributed by atoms with Crippen molar-refractivity contribution in [2.45, 2.75) is 38.5 Å². The van der Waals surface area contributed by atoms with Gasteiger partial charge in [-0.2, -0.15) is 0 Å². The van der Waals surface area contributed by atoms with Crippen molar-refractivity contribution in [1.82, 2.24) is 9.80 Å². The Morgan fingerprint density at radius 3 is 2.75 bits per heavy atom. The van der Waals surface area contributed by atoms with Crippen molar-refractivity contribution < 1.29 is 9.90 Å². The maximum atomic E-state index is 12.6. The van der Waals surface area contributed by atoms with Crippen LogP contribution in [0, 0.1) is 0 Å². The Labute approximate surface area is 120 Å². The van der Waals surface area contributed by atoms with E-state index in [4.69, 9.17) is 0 Å². The standard InChI is InChI=1S/C16H22N2O2/c1-12(17-9-7-15(19)11-17)16(20)18-8-6-13-4-2-3-5-14(13)10-18/h2-5,12,15,19H,6-11H2,1H3/t12?,15-/m1/s1. The first-order valence-electron chi connectivity index (χ1n) is 7.43. The number of nitrogens with zero attached hydrogens (tertiary/aromatic N) is 2. The molecule has 4 nitrogen and oxygen atoms in total. The highest BCUT2D eigenvalue weighted by Gasteiger charge is 2.32. The molecule has 20 heavy (non-hydrogen) atoms. The third kappa shape index (κ3) is 2.58. The van der Waals surface area contributed by atoms with E-state index in [1.165, 1.54) is 11.1 Å². The Bertz CT molecular complexity index is 503. The predicted molar refractivity (Wildman–Crippen MR) is 77.2 cm³/mol. The number of hydrogen-bond acceptors (Lipinski definition) is 3. The maximum absolute atomic E-state index is 12.6. The number of benzene rings is 1. The molecule has 0 radical (unpaired) electrons. The molecule has 0 saturated carbocycles. The number of aliphatic hydroxyl groups excluding tert-OH is 1. The molecule has 1 amide bonds. The smallest absolute Gasteiger partial charge is 0.239 e. The zero-order valence-corrected chi connectivity index (χ0v) is 12.0. The van der Waals surface area contributed by atoms with Crippen molar-refractivity contribution >= 4 is 5.91 Å². The Balaban J connectivity index is 1.67. The molecule has 4 heteroatoms. The van der Waals surface area contributed by atoms with E-state index < -0.39 is 0 Å². The lowest BCUT2D eigenvalue weighted by molar-refractivity contribution is -0.137. The van der Waals surface area contributed by atoms with Crippen LogP contribution in [0.1, 0.15) is 24.5 Å². The fourth-order valence-electron chi connectivity index (χ4n) is 3.22. The molecule has 1 unspecified atom stereocenters. The largest absolute Gasteiger partial charge is 0.392 e. The third-order valence-corrected chi connectivity index (χ3v) is 4.54. The number of carbonyl (C=O) groups is 1. The van der Waals surface area contributed by atoms with Crippen molar-refractivity contribution in [3.05, 3.63) is 35.4 Å². The van der Waals surface area contributed by atoms with E-state index in [1.54, 1.807) is 0 Å². The van der Waals surface area contributed by atoms with Crippen molar-refractivity contribution in [2.24, 2.45) is 0 Å². The highest BCUT2D eigenvalue weighted by molar-refractivity contribution is 5.81. The molecular weight excluding hydrogens is 252 g/mol. The highest BCUT2D eigenvalue weighted by Crippen LogP contribution is 2.21. The molecule has 2 heterocycles. The molecule has 0 aromatic heterocycles. The summed E-state index contributed by atoms with van der Waals surface area (Å²) in [5, 5.41) is 9.60. The van der Waals surface area contributed by atoms with Crippen LogP contribution >= 0.6 is 0 Å². The van der Waals surface area contributed by atoms with Gasteiger partial charge in [0.05, 0.1) is 12.1 Å². The van der Waals surface area contributed by atoms with Gasteiger partial charge in [0, 0.05) is 26.2 Å². The van der Waals surface area contributed by atoms with Gasteiger partial charge in [-0.15, -0.1) is 0 Å². The Kier molecular flexibility index (Phi) is 3.76. The first kappa shape index (κ1) is 13.6. The van der Waals surface area contributed by atoms with Gasteiger partial charge < -0.3 is 10.0 Å². The Morgan fingerprint density at radius 2 is 2.05 bits per heavy atom. The van der Waals surface area contributed by atoms with Gasteiger partial charge in [-0.3, -0.25) is 9.69 Å². The van der Waals surface area contributed by atoms with Gasteiger partial charge >= 0.3 is 0 Å². The Hall–Kier alpha value is -1.39. The van der Waals surface area contributed by atoms with Crippen molar-refractivity contribution in [1.29, 1.82) is 0 Å². The Morgan fingerprint density at radius 1 is 1.30 bits per heavy atom. The highest BCUT2D eigenvalue weighted by atomic mass is 16.3. The van der Waals surface area contributed by atoms with E-state index in [9.17, 15) is 9.90 Å². The van der Waals surface area contributed by atoms with Crippen LogP contribution in [0.2, 0.25) is 0 Å². The van der Waals surface area contributed by atoms with E-state index >= 15 is 0 Å². The van der Waals surface area contributed by atoms with Crippen LogP contribution in [0.5, 0.6) is 0 Å². The van der Waals surface area contributed by atoms with Gasteiger partial charge in [-0.05, 0) is 30.9 Å². The van der Waals surface area contributed by atoms with Crippen molar-refractivity contribution in [2.75, 3.05) is 19.6 Å². The zero-order valence-electron chi connectivity index (χ0n) is 12.0. The summed E-state index contributed by atoms with van der Waals surface area (Å²) in [7, 11) is 0. The molecule has 108 valence electrons. The molecule has 0 spiro atoms. The number of hydrogen-bond donors (Lipinski definition) is 1. The van der Waals surface area contributed by atoms with Crippen LogP contribution in [0.25, 0.3) is 0 Å². The maximum Gasteiger partial charge on any atom is 0.239 e. The minimum absolute atomic E-state index is 0.127. The minimum atomic E-state index is -0.271. The molecule has 1 aromatic carbocycles. The number of aliphatic hydroxyl groups is 1. The van der Waals surface area contributed by atoms with Gasteiger partial charge in [0.15, 0.2) is 0 Å². The second-order valence-electron chi connectivity index (χ2n) is 5.89. The van der Waals surface area contributed by atoms with Crippen LogP contribution < -0.4 is 0 Å². The first-order chi connectivity index (χ1) is 9.65. The second kappa shape index (κ2) is 5.54. The predicted octanol–water partition coefficient (Wildman–Crippen LogP) is 1.03. The number of β-amino-alcohol motifs (C(OH)–C–C–N with tert-alkyl or cyclic N) is 1. The average Bonchev–Trinajstić information content (AvgIpc) is 2.92. The molecular formula is C16H22N2O2. The minimum Gasteiger partial charge on any atom is -0.392 e. The molecule has 3 rings (SSSR count). The number of fused-ring (bicyclic) bond motifs is 1. The summed E-state index contributed by atoms with van der Waals surface area (Å²) in [5.74, 6) is 0.189. The van der Waals surface area contributed by atoms with E-state index in [0.29, 0.717) is 6.54 Å². The van der Waals surface area contributed by atoms with Crippen molar-refractivity contribution in [3.8, 4) is 0 Å². The monoisotopic (exact) mass is 274 g/mol. The lowest BCUT2D eigenvalue weighted by atomic mass is 9.99. The van der Waals surface area contributed by atoms with Gasteiger partial charge in [0.25, 0.3) is 0 Å². The zero-order chi connectivity index (χ0) is 14.1. The molecule has 1 fully saturated rings. The number of amides is 1. The SMILES string of the molecule is CC(C(=O)N1CCc2ccccc2C1)N1CC[C@@H](O)C1. The van der Waals surface area contributed by atoms with E-state index in [1.807, 2.05) is 17.9 Å². The summed E-state index contributed by atoms with van der Waals surface area (Å²) in [6.45, 7) is 4.92. The number of likely N-dealkylation sites (tertiary alicyclic amines) is 1. The summed E-state index contributed by atoms with van der Waals surface area (Å²) in [6, 6.07) is 8.23. The summed E-state index contributed by atoms with van der Waals surface area (Å²) >= 11 is 0.